The van der Waals surface area contributed by atoms with Crippen molar-refractivity contribution >= 4 is 16.8 Å². The summed E-state index contributed by atoms with van der Waals surface area (Å²) in [6.45, 7) is 0.213. The Bertz CT molecular complexity index is 2020. The molecule has 0 radical (unpaired) electrons. The Balaban J connectivity index is 1.48. The smallest absolute Gasteiger partial charge is 0.419 e. The zero-order valence-corrected chi connectivity index (χ0v) is 23.9. The number of primary amides is 1. The van der Waals surface area contributed by atoms with E-state index in [2.05, 4.69) is 9.97 Å². The lowest BCUT2D eigenvalue weighted by Crippen LogP contribution is -2.26. The van der Waals surface area contributed by atoms with Crippen LogP contribution >= 0.6 is 0 Å². The predicted octanol–water partition coefficient (Wildman–Crippen LogP) is 5.57. The van der Waals surface area contributed by atoms with Gasteiger partial charge in [0.25, 0.3) is 11.5 Å². The molecule has 10 nitrogen and oxygen atoms in total. The van der Waals surface area contributed by atoms with Crippen LogP contribution in [0.1, 0.15) is 45.9 Å². The monoisotopic (exact) mass is 623 g/mol. The highest BCUT2D eigenvalue weighted by atomic mass is 19.4. The van der Waals surface area contributed by atoms with Gasteiger partial charge in [-0.1, -0.05) is 18.2 Å². The molecular weight excluding hydrogens is 598 g/mol. The van der Waals surface area contributed by atoms with Crippen LogP contribution in [-0.2, 0) is 12.7 Å². The van der Waals surface area contributed by atoms with Crippen LogP contribution in [0.4, 0.5) is 17.6 Å². The third-order valence-corrected chi connectivity index (χ3v) is 7.72. The van der Waals surface area contributed by atoms with Crippen molar-refractivity contribution in [2.45, 2.75) is 31.5 Å². The number of carbonyl (C=O) groups excluding carboxylic acids is 1. The molecule has 14 heteroatoms. The number of nitrogens with zero attached hydrogens (tertiary/aromatic N) is 4. The maximum Gasteiger partial charge on any atom is 0.419 e. The molecule has 2 N–H and O–H groups in total. The Hall–Kier alpha value is -5.40. The van der Waals surface area contributed by atoms with Crippen molar-refractivity contribution in [3.8, 4) is 28.8 Å². The highest BCUT2D eigenvalue weighted by Crippen LogP contribution is 2.44. The second-order valence-electron chi connectivity index (χ2n) is 10.3. The van der Waals surface area contributed by atoms with Gasteiger partial charge < -0.3 is 19.9 Å². The van der Waals surface area contributed by atoms with Gasteiger partial charge in [-0.3, -0.25) is 14.3 Å². The van der Waals surface area contributed by atoms with Gasteiger partial charge in [0.1, 0.15) is 29.1 Å². The first kappa shape index (κ1) is 29.7. The van der Waals surface area contributed by atoms with Crippen molar-refractivity contribution in [2.24, 2.45) is 5.73 Å². The van der Waals surface area contributed by atoms with E-state index < -0.39 is 46.3 Å². The summed E-state index contributed by atoms with van der Waals surface area (Å²) in [5, 5.41) is 0.282. The zero-order valence-electron chi connectivity index (χ0n) is 23.9. The fourth-order valence-corrected chi connectivity index (χ4v) is 5.76. The summed E-state index contributed by atoms with van der Waals surface area (Å²) in [7, 11) is 2.85. The molecule has 3 heterocycles. The molecule has 45 heavy (non-hydrogen) atoms. The molecule has 0 spiro atoms. The molecule has 5 aromatic rings. The molecule has 0 fully saturated rings. The third kappa shape index (κ3) is 5.11. The number of amides is 1. The number of methoxy groups -OCH3 is 2. The number of aromatic nitrogens is 4. The molecule has 232 valence electrons. The van der Waals surface area contributed by atoms with E-state index in [9.17, 15) is 27.2 Å². The molecule has 2 aromatic heterocycles. The molecule has 1 atom stereocenters. The minimum absolute atomic E-state index is 0.108. The summed E-state index contributed by atoms with van der Waals surface area (Å²) in [6.07, 6.45) is -2.99. The van der Waals surface area contributed by atoms with E-state index in [0.717, 1.165) is 29.2 Å². The van der Waals surface area contributed by atoms with Gasteiger partial charge in [0, 0.05) is 18.5 Å². The van der Waals surface area contributed by atoms with E-state index in [-0.39, 0.29) is 34.8 Å². The Labute approximate surface area is 252 Å². The van der Waals surface area contributed by atoms with Crippen LogP contribution in [0.15, 0.2) is 65.7 Å². The Kier molecular flexibility index (Phi) is 7.43. The van der Waals surface area contributed by atoms with Gasteiger partial charge in [0.05, 0.1) is 36.4 Å². The summed E-state index contributed by atoms with van der Waals surface area (Å²) < 4.78 is 77.2. The number of rotatable bonds is 7. The van der Waals surface area contributed by atoms with Crippen LogP contribution in [0, 0.1) is 5.82 Å². The minimum atomic E-state index is -4.87. The molecule has 1 aliphatic heterocycles. The Morgan fingerprint density at radius 1 is 1.00 bits per heavy atom. The molecule has 1 amide bonds. The van der Waals surface area contributed by atoms with Crippen LogP contribution in [0.5, 0.6) is 23.1 Å². The second kappa shape index (κ2) is 11.3. The van der Waals surface area contributed by atoms with Gasteiger partial charge in [-0.05, 0) is 48.7 Å². The largest absolute Gasteiger partial charge is 0.493 e. The molecule has 6 rings (SSSR count). The molecule has 0 saturated heterocycles. The number of halogens is 4. The van der Waals surface area contributed by atoms with Crippen molar-refractivity contribution in [3.05, 3.63) is 99.5 Å². The lowest BCUT2D eigenvalue weighted by molar-refractivity contribution is -0.138. The standard InChI is InChI=1S/C31H25F4N5O5/c1-43-24-13-18-21(14-25(24)44-2)37-15-38-29(18)45-23-10-9-16(12-19(23)31(33,34)35)17-6-5-11-39-27(17)26(28(36)41)30(42)40(39)22-8-4-3-7-20(22)32/h3-4,7-10,12-15,17H,5-6,11H2,1-2H3,(H2,36,41). The third-order valence-electron chi connectivity index (χ3n) is 7.72. The fourth-order valence-electron chi connectivity index (χ4n) is 5.76. The number of carbonyl (C=O) groups is 1. The SMILES string of the molecule is COc1cc2ncnc(Oc3ccc(C4CCCn5c4c(C(N)=O)c(=O)n5-c4ccccc4F)cc3C(F)(F)F)c2cc1OC. The number of ether oxygens (including phenoxy) is 3. The number of benzene rings is 3. The molecule has 0 bridgehead atoms. The summed E-state index contributed by atoms with van der Waals surface area (Å²) >= 11 is 0. The molecule has 0 saturated carbocycles. The molecule has 0 aliphatic carbocycles. The highest BCUT2D eigenvalue weighted by molar-refractivity contribution is 5.94. The topological polar surface area (TPSA) is 123 Å². The van der Waals surface area contributed by atoms with E-state index in [1.807, 2.05) is 0 Å². The lowest BCUT2D eigenvalue weighted by atomic mass is 9.86. The predicted molar refractivity (Wildman–Crippen MR) is 154 cm³/mol. The first-order chi connectivity index (χ1) is 21.5. The average molecular weight is 624 g/mol. The first-order valence-corrected chi connectivity index (χ1v) is 13.7. The van der Waals surface area contributed by atoms with Crippen LogP contribution in [0.25, 0.3) is 16.6 Å². The number of nitrogens with two attached hydrogens (primary N) is 1. The molecule has 1 unspecified atom stereocenters. The van der Waals surface area contributed by atoms with Gasteiger partial charge in [-0.2, -0.15) is 13.2 Å². The Morgan fingerprint density at radius 3 is 2.42 bits per heavy atom. The van der Waals surface area contributed by atoms with E-state index in [1.54, 1.807) is 6.07 Å². The highest BCUT2D eigenvalue weighted by Gasteiger charge is 2.38. The van der Waals surface area contributed by atoms with Crippen LogP contribution in [-0.4, -0.2) is 39.5 Å². The van der Waals surface area contributed by atoms with Gasteiger partial charge >= 0.3 is 6.18 Å². The number of fused-ring (bicyclic) bond motifs is 2. The van der Waals surface area contributed by atoms with E-state index >= 15 is 0 Å². The van der Waals surface area contributed by atoms with Gasteiger partial charge in [-0.15, -0.1) is 0 Å². The summed E-state index contributed by atoms with van der Waals surface area (Å²) in [6, 6.07) is 12.0. The average Bonchev–Trinajstić information content (AvgIpc) is 3.32. The second-order valence-corrected chi connectivity index (χ2v) is 10.3. The normalized spacial score (nSPS) is 14.7. The molecule has 3 aromatic carbocycles. The maximum absolute atomic E-state index is 14.8. The van der Waals surface area contributed by atoms with Crippen molar-refractivity contribution in [1.82, 2.24) is 19.3 Å². The number of para-hydroxylation sites is 1. The van der Waals surface area contributed by atoms with E-state index in [4.69, 9.17) is 19.9 Å². The quantitative estimate of drug-likeness (QED) is 0.235. The Morgan fingerprint density at radius 2 is 1.73 bits per heavy atom. The van der Waals surface area contributed by atoms with Crippen LogP contribution in [0.2, 0.25) is 0 Å². The maximum atomic E-state index is 14.8. The zero-order chi connectivity index (χ0) is 32.0. The fraction of sp³-hybridized carbons (Fsp3) is 0.226. The first-order valence-electron chi connectivity index (χ1n) is 13.7. The van der Waals surface area contributed by atoms with Crippen molar-refractivity contribution in [3.63, 3.8) is 0 Å². The van der Waals surface area contributed by atoms with Gasteiger partial charge in [0.2, 0.25) is 5.88 Å². The minimum Gasteiger partial charge on any atom is -0.493 e. The number of hydrogen-bond acceptors (Lipinski definition) is 7. The van der Waals surface area contributed by atoms with Crippen molar-refractivity contribution in [2.75, 3.05) is 14.2 Å². The summed E-state index contributed by atoms with van der Waals surface area (Å²) in [5.41, 5.74) is 3.76. The van der Waals surface area contributed by atoms with E-state index in [1.165, 1.54) is 49.2 Å². The van der Waals surface area contributed by atoms with Crippen LogP contribution in [0.3, 0.4) is 0 Å². The number of hydrogen-bond donors (Lipinski definition) is 1. The summed E-state index contributed by atoms with van der Waals surface area (Å²) in [5.74, 6) is -2.64. The number of alkyl halides is 3. The molecule has 1 aliphatic rings. The van der Waals surface area contributed by atoms with Crippen LogP contribution < -0.4 is 25.5 Å². The molecular formula is C31H25F4N5O5. The van der Waals surface area contributed by atoms with E-state index in [0.29, 0.717) is 29.9 Å². The lowest BCUT2D eigenvalue weighted by Gasteiger charge is -2.28. The van der Waals surface area contributed by atoms with Gasteiger partial charge in [-0.25, -0.2) is 19.0 Å². The van der Waals surface area contributed by atoms with Gasteiger partial charge in [0.15, 0.2) is 11.5 Å². The van der Waals surface area contributed by atoms with Crippen molar-refractivity contribution in [1.29, 1.82) is 0 Å². The van der Waals surface area contributed by atoms with Crippen molar-refractivity contribution < 1.29 is 36.6 Å². The summed E-state index contributed by atoms with van der Waals surface area (Å²) in [4.78, 5) is 34.2.